The molecule has 0 fully saturated rings. The van der Waals surface area contributed by atoms with Gasteiger partial charge >= 0.3 is 0 Å². The number of hydrogen-bond donors (Lipinski definition) is 1. The van der Waals surface area contributed by atoms with Crippen LogP contribution in [0.1, 0.15) is 45.7 Å². The standard InChI is InChI=1S/C13H25N3/c1-4-9-16-11-14-10-13(16)7-5-6-8-15-12(2)3/h10-12,15H,4-9H2,1-3H3. The Morgan fingerprint density at radius 2 is 2.19 bits per heavy atom. The largest absolute Gasteiger partial charge is 0.335 e. The van der Waals surface area contributed by atoms with Crippen molar-refractivity contribution in [3.8, 4) is 0 Å². The average Bonchev–Trinajstić information content (AvgIpc) is 2.65. The Morgan fingerprint density at radius 1 is 1.38 bits per heavy atom. The van der Waals surface area contributed by atoms with E-state index in [0.717, 1.165) is 19.5 Å². The summed E-state index contributed by atoms with van der Waals surface area (Å²) >= 11 is 0. The van der Waals surface area contributed by atoms with Crippen molar-refractivity contribution in [1.82, 2.24) is 14.9 Å². The molecule has 1 rings (SSSR count). The van der Waals surface area contributed by atoms with Crippen molar-refractivity contribution >= 4 is 0 Å². The number of hydrogen-bond acceptors (Lipinski definition) is 2. The lowest BCUT2D eigenvalue weighted by Gasteiger charge is -2.08. The summed E-state index contributed by atoms with van der Waals surface area (Å²) in [7, 11) is 0. The minimum Gasteiger partial charge on any atom is -0.335 e. The van der Waals surface area contributed by atoms with Crippen LogP contribution >= 0.6 is 0 Å². The Morgan fingerprint density at radius 3 is 2.88 bits per heavy atom. The molecular formula is C13H25N3. The summed E-state index contributed by atoms with van der Waals surface area (Å²) in [6.45, 7) is 8.81. The van der Waals surface area contributed by atoms with Crippen LogP contribution in [0.3, 0.4) is 0 Å². The monoisotopic (exact) mass is 223 g/mol. The minimum absolute atomic E-state index is 0.602. The Bertz CT molecular complexity index is 278. The molecule has 0 aliphatic carbocycles. The van der Waals surface area contributed by atoms with Gasteiger partial charge in [0.1, 0.15) is 0 Å². The Labute approximate surface area is 99.3 Å². The molecule has 16 heavy (non-hydrogen) atoms. The lowest BCUT2D eigenvalue weighted by molar-refractivity contribution is 0.550. The van der Waals surface area contributed by atoms with E-state index in [2.05, 4.69) is 35.6 Å². The first kappa shape index (κ1) is 13.2. The van der Waals surface area contributed by atoms with Crippen LogP contribution < -0.4 is 5.32 Å². The highest BCUT2D eigenvalue weighted by atomic mass is 15.0. The third-order valence-electron chi connectivity index (χ3n) is 2.68. The number of rotatable bonds is 8. The maximum absolute atomic E-state index is 4.22. The number of nitrogens with one attached hydrogen (secondary N) is 1. The smallest absolute Gasteiger partial charge is 0.0948 e. The maximum Gasteiger partial charge on any atom is 0.0948 e. The fourth-order valence-corrected chi connectivity index (χ4v) is 1.82. The highest BCUT2D eigenvalue weighted by Gasteiger charge is 2.00. The third-order valence-corrected chi connectivity index (χ3v) is 2.68. The van der Waals surface area contributed by atoms with Gasteiger partial charge in [-0.3, -0.25) is 0 Å². The van der Waals surface area contributed by atoms with E-state index in [4.69, 9.17) is 0 Å². The molecule has 0 saturated carbocycles. The molecule has 0 aliphatic rings. The van der Waals surface area contributed by atoms with Crippen LogP contribution in [-0.2, 0) is 13.0 Å². The number of nitrogens with zero attached hydrogens (tertiary/aromatic N) is 2. The van der Waals surface area contributed by atoms with E-state index < -0.39 is 0 Å². The van der Waals surface area contributed by atoms with Gasteiger partial charge in [0.15, 0.2) is 0 Å². The zero-order chi connectivity index (χ0) is 11.8. The van der Waals surface area contributed by atoms with E-state index in [9.17, 15) is 0 Å². The van der Waals surface area contributed by atoms with Crippen molar-refractivity contribution in [2.45, 2.75) is 59.0 Å². The number of unbranched alkanes of at least 4 members (excludes halogenated alkanes) is 1. The molecule has 0 radical (unpaired) electrons. The number of imidazole rings is 1. The molecule has 1 aromatic rings. The van der Waals surface area contributed by atoms with Crippen LogP contribution in [0.4, 0.5) is 0 Å². The zero-order valence-corrected chi connectivity index (χ0v) is 10.9. The Kier molecular flexibility index (Phi) is 6.16. The topological polar surface area (TPSA) is 29.9 Å². The zero-order valence-electron chi connectivity index (χ0n) is 10.9. The van der Waals surface area contributed by atoms with E-state index >= 15 is 0 Å². The van der Waals surface area contributed by atoms with Gasteiger partial charge in [-0.2, -0.15) is 0 Å². The summed E-state index contributed by atoms with van der Waals surface area (Å²) < 4.78 is 2.27. The highest BCUT2D eigenvalue weighted by molar-refractivity contribution is 4.98. The van der Waals surface area contributed by atoms with E-state index in [0.29, 0.717) is 6.04 Å². The second kappa shape index (κ2) is 7.44. The Balaban J connectivity index is 2.18. The van der Waals surface area contributed by atoms with Crippen molar-refractivity contribution in [3.05, 3.63) is 18.2 Å². The van der Waals surface area contributed by atoms with Gasteiger partial charge in [0, 0.05) is 24.5 Å². The molecule has 0 aliphatic heterocycles. The molecule has 1 aromatic heterocycles. The summed E-state index contributed by atoms with van der Waals surface area (Å²) in [6, 6.07) is 0.602. The fourth-order valence-electron chi connectivity index (χ4n) is 1.82. The van der Waals surface area contributed by atoms with Crippen molar-refractivity contribution in [2.24, 2.45) is 0 Å². The summed E-state index contributed by atoms with van der Waals surface area (Å²) in [6.07, 6.45) is 8.78. The quantitative estimate of drug-likeness (QED) is 0.687. The van der Waals surface area contributed by atoms with Crippen LogP contribution in [0, 0.1) is 0 Å². The van der Waals surface area contributed by atoms with E-state index in [1.807, 2.05) is 12.5 Å². The predicted molar refractivity (Wildman–Crippen MR) is 68.6 cm³/mol. The van der Waals surface area contributed by atoms with Gasteiger partial charge in [-0.1, -0.05) is 20.8 Å². The summed E-state index contributed by atoms with van der Waals surface area (Å²) in [5.41, 5.74) is 1.38. The highest BCUT2D eigenvalue weighted by Crippen LogP contribution is 2.05. The second-order valence-electron chi connectivity index (χ2n) is 4.64. The molecule has 0 saturated heterocycles. The van der Waals surface area contributed by atoms with Crippen molar-refractivity contribution in [3.63, 3.8) is 0 Å². The van der Waals surface area contributed by atoms with Crippen LogP contribution in [0.15, 0.2) is 12.5 Å². The fraction of sp³-hybridized carbons (Fsp3) is 0.769. The first-order valence-electron chi connectivity index (χ1n) is 6.46. The summed E-state index contributed by atoms with van der Waals surface area (Å²) in [5.74, 6) is 0. The van der Waals surface area contributed by atoms with Crippen LogP contribution in [0.2, 0.25) is 0 Å². The van der Waals surface area contributed by atoms with Gasteiger partial charge in [-0.25, -0.2) is 4.98 Å². The first-order chi connectivity index (χ1) is 7.74. The van der Waals surface area contributed by atoms with E-state index in [1.165, 1.54) is 25.0 Å². The molecule has 92 valence electrons. The van der Waals surface area contributed by atoms with E-state index in [1.54, 1.807) is 0 Å². The lowest BCUT2D eigenvalue weighted by atomic mass is 10.2. The SMILES string of the molecule is CCCn1cncc1CCCCNC(C)C. The third kappa shape index (κ3) is 4.79. The Hall–Kier alpha value is -0.830. The van der Waals surface area contributed by atoms with Gasteiger partial charge in [-0.15, -0.1) is 0 Å². The van der Waals surface area contributed by atoms with Crippen LogP contribution in [0.25, 0.3) is 0 Å². The minimum atomic E-state index is 0.602. The second-order valence-corrected chi connectivity index (χ2v) is 4.64. The first-order valence-corrected chi connectivity index (χ1v) is 6.46. The molecule has 0 aromatic carbocycles. The molecule has 1 heterocycles. The van der Waals surface area contributed by atoms with Crippen molar-refractivity contribution < 1.29 is 0 Å². The maximum atomic E-state index is 4.22. The van der Waals surface area contributed by atoms with Gasteiger partial charge in [0.25, 0.3) is 0 Å². The molecule has 1 N–H and O–H groups in total. The number of aryl methyl sites for hydroxylation is 2. The normalized spacial score (nSPS) is 11.2. The molecular weight excluding hydrogens is 198 g/mol. The summed E-state index contributed by atoms with van der Waals surface area (Å²) in [5, 5.41) is 3.44. The molecule has 0 amide bonds. The average molecular weight is 223 g/mol. The molecule has 3 heteroatoms. The van der Waals surface area contributed by atoms with Crippen molar-refractivity contribution in [1.29, 1.82) is 0 Å². The van der Waals surface area contributed by atoms with Crippen LogP contribution in [-0.4, -0.2) is 22.1 Å². The van der Waals surface area contributed by atoms with Gasteiger partial charge in [0.2, 0.25) is 0 Å². The molecule has 3 nitrogen and oxygen atoms in total. The molecule has 0 unspecified atom stereocenters. The predicted octanol–water partition coefficient (Wildman–Crippen LogP) is 2.61. The lowest BCUT2D eigenvalue weighted by Crippen LogP contribution is -2.23. The molecule has 0 bridgehead atoms. The van der Waals surface area contributed by atoms with Crippen LogP contribution in [0.5, 0.6) is 0 Å². The molecule has 0 spiro atoms. The summed E-state index contributed by atoms with van der Waals surface area (Å²) in [4.78, 5) is 4.22. The number of aromatic nitrogens is 2. The molecule has 0 atom stereocenters. The van der Waals surface area contributed by atoms with Gasteiger partial charge < -0.3 is 9.88 Å². The van der Waals surface area contributed by atoms with Gasteiger partial charge in [0.05, 0.1) is 6.33 Å². The van der Waals surface area contributed by atoms with Crippen molar-refractivity contribution in [2.75, 3.05) is 6.54 Å². The van der Waals surface area contributed by atoms with E-state index in [-0.39, 0.29) is 0 Å². The van der Waals surface area contributed by atoms with Gasteiger partial charge in [-0.05, 0) is 32.2 Å².